The molecule has 3 rings (SSSR count). The van der Waals surface area contributed by atoms with E-state index < -0.39 is 0 Å². The number of nitrogens with zero attached hydrogens (tertiary/aromatic N) is 1. The van der Waals surface area contributed by atoms with E-state index in [4.69, 9.17) is 0 Å². The maximum absolute atomic E-state index is 12.1. The lowest BCUT2D eigenvalue weighted by Gasteiger charge is -2.06. The number of benzene rings is 2. The van der Waals surface area contributed by atoms with Gasteiger partial charge in [-0.2, -0.15) is 0 Å². The molecule has 1 heterocycles. The number of amidine groups is 1. The Morgan fingerprint density at radius 1 is 1.00 bits per heavy atom. The molecule has 0 fully saturated rings. The van der Waals surface area contributed by atoms with E-state index in [1.807, 2.05) is 42.5 Å². The van der Waals surface area contributed by atoms with Gasteiger partial charge in [0.2, 0.25) is 0 Å². The molecule has 0 spiro atoms. The van der Waals surface area contributed by atoms with Crippen molar-refractivity contribution in [1.82, 2.24) is 5.32 Å². The maximum Gasteiger partial charge on any atom is 0.181 e. The van der Waals surface area contributed by atoms with Gasteiger partial charge in [-0.15, -0.1) is 0 Å². The highest BCUT2D eigenvalue weighted by Crippen LogP contribution is 2.19. The normalized spacial score (nSPS) is 13.8. The van der Waals surface area contributed by atoms with E-state index in [1.54, 1.807) is 0 Å². The van der Waals surface area contributed by atoms with Crippen LogP contribution in [-0.2, 0) is 0 Å². The number of rotatable bonds is 4. The van der Waals surface area contributed by atoms with Crippen LogP contribution in [0.15, 0.2) is 59.6 Å². The van der Waals surface area contributed by atoms with Gasteiger partial charge in [0.15, 0.2) is 5.78 Å². The molecule has 2 aromatic carbocycles. The molecule has 1 N–H and O–H groups in total. The zero-order valence-electron chi connectivity index (χ0n) is 11.9. The van der Waals surface area contributed by atoms with Crippen LogP contribution in [0.2, 0.25) is 0 Å². The van der Waals surface area contributed by atoms with Crippen molar-refractivity contribution in [1.29, 1.82) is 0 Å². The van der Waals surface area contributed by atoms with Crippen molar-refractivity contribution in [3.8, 4) is 11.1 Å². The van der Waals surface area contributed by atoms with Gasteiger partial charge in [0.05, 0.1) is 12.4 Å². The van der Waals surface area contributed by atoms with Gasteiger partial charge < -0.3 is 5.32 Å². The summed E-state index contributed by atoms with van der Waals surface area (Å²) in [6.45, 7) is 1.20. The molecule has 0 saturated carbocycles. The van der Waals surface area contributed by atoms with E-state index >= 15 is 0 Å². The van der Waals surface area contributed by atoms with Gasteiger partial charge in [0, 0.05) is 18.5 Å². The first-order chi connectivity index (χ1) is 10.3. The summed E-state index contributed by atoms with van der Waals surface area (Å²) >= 11 is 0. The Morgan fingerprint density at radius 2 is 1.71 bits per heavy atom. The molecule has 1 aliphatic rings. The standard InChI is InChI=1S/C18H18N2O/c21-17(13-20-18-7-4-12-19-18)16-10-8-15(9-11-16)14-5-2-1-3-6-14/h1-3,5-6,8-11H,4,7,12-13H2,(H,19,20). The summed E-state index contributed by atoms with van der Waals surface area (Å²) in [5, 5.41) is 3.13. The molecule has 0 saturated heterocycles. The van der Waals surface area contributed by atoms with Crippen LogP contribution in [0.4, 0.5) is 0 Å². The number of ketones is 1. The molecule has 3 heteroatoms. The predicted molar refractivity (Wildman–Crippen MR) is 85.7 cm³/mol. The summed E-state index contributed by atoms with van der Waals surface area (Å²) < 4.78 is 0. The third-order valence-corrected chi connectivity index (χ3v) is 3.64. The molecule has 106 valence electrons. The third kappa shape index (κ3) is 3.37. The van der Waals surface area contributed by atoms with Crippen molar-refractivity contribution in [2.45, 2.75) is 12.8 Å². The highest BCUT2D eigenvalue weighted by molar-refractivity contribution is 6.00. The van der Waals surface area contributed by atoms with E-state index in [1.165, 1.54) is 0 Å². The molecule has 0 radical (unpaired) electrons. The molecule has 0 aromatic heterocycles. The van der Waals surface area contributed by atoms with Gasteiger partial charge in [0.1, 0.15) is 0 Å². The number of carbonyl (C=O) groups is 1. The van der Waals surface area contributed by atoms with Crippen molar-refractivity contribution < 1.29 is 4.79 Å². The summed E-state index contributed by atoms with van der Waals surface area (Å²) in [6, 6.07) is 17.9. The van der Waals surface area contributed by atoms with Crippen LogP contribution in [0.5, 0.6) is 0 Å². The summed E-state index contributed by atoms with van der Waals surface area (Å²) in [6.07, 6.45) is 2.04. The summed E-state index contributed by atoms with van der Waals surface area (Å²) in [4.78, 5) is 16.4. The van der Waals surface area contributed by atoms with Gasteiger partial charge >= 0.3 is 0 Å². The minimum Gasteiger partial charge on any atom is -0.366 e. The van der Waals surface area contributed by atoms with E-state index in [2.05, 4.69) is 22.4 Å². The summed E-state index contributed by atoms with van der Waals surface area (Å²) in [5.41, 5.74) is 3.02. The quantitative estimate of drug-likeness (QED) is 0.872. The number of Topliss-reactive ketones (excluding diaryl/α,β-unsaturated/α-hetero) is 1. The lowest BCUT2D eigenvalue weighted by Crippen LogP contribution is -2.28. The van der Waals surface area contributed by atoms with Gasteiger partial charge in [-0.05, 0) is 17.5 Å². The Morgan fingerprint density at radius 3 is 2.38 bits per heavy atom. The molecule has 0 atom stereocenters. The second-order valence-corrected chi connectivity index (χ2v) is 5.15. The van der Waals surface area contributed by atoms with Gasteiger partial charge in [-0.25, -0.2) is 0 Å². The Kier molecular flexibility index (Phi) is 4.10. The van der Waals surface area contributed by atoms with Crippen molar-refractivity contribution in [3.63, 3.8) is 0 Å². The number of hydrogen-bond donors (Lipinski definition) is 1. The second-order valence-electron chi connectivity index (χ2n) is 5.15. The Hall–Kier alpha value is -2.42. The monoisotopic (exact) mass is 278 g/mol. The van der Waals surface area contributed by atoms with E-state index in [0.717, 1.165) is 41.9 Å². The smallest absolute Gasteiger partial charge is 0.181 e. The van der Waals surface area contributed by atoms with Crippen molar-refractivity contribution >= 4 is 11.6 Å². The number of nitrogens with one attached hydrogen (secondary N) is 1. The van der Waals surface area contributed by atoms with Gasteiger partial charge in [-0.1, -0.05) is 54.6 Å². The molecule has 21 heavy (non-hydrogen) atoms. The molecule has 1 aliphatic heterocycles. The van der Waals surface area contributed by atoms with Crippen LogP contribution in [0.3, 0.4) is 0 Å². The Labute approximate surface area is 124 Å². The number of hydrogen-bond acceptors (Lipinski definition) is 3. The highest BCUT2D eigenvalue weighted by Gasteiger charge is 2.09. The summed E-state index contributed by atoms with van der Waals surface area (Å²) in [7, 11) is 0. The molecule has 0 aliphatic carbocycles. The Bertz CT molecular complexity index is 645. The minimum atomic E-state index is 0.101. The molecule has 0 amide bonds. The molecule has 0 unspecified atom stereocenters. The molecule has 2 aromatic rings. The second kappa shape index (κ2) is 6.35. The fraction of sp³-hybridized carbons (Fsp3) is 0.222. The van der Waals surface area contributed by atoms with Crippen LogP contribution < -0.4 is 5.32 Å². The molecule has 0 bridgehead atoms. The van der Waals surface area contributed by atoms with Gasteiger partial charge in [-0.3, -0.25) is 9.79 Å². The topological polar surface area (TPSA) is 41.5 Å². The van der Waals surface area contributed by atoms with Crippen LogP contribution in [0, 0.1) is 0 Å². The fourth-order valence-corrected chi connectivity index (χ4v) is 2.45. The van der Waals surface area contributed by atoms with Gasteiger partial charge in [0.25, 0.3) is 0 Å². The lowest BCUT2D eigenvalue weighted by molar-refractivity contribution is 0.0996. The molecular weight excluding hydrogens is 260 g/mol. The predicted octanol–water partition coefficient (Wildman–Crippen LogP) is 3.32. The summed E-state index contributed by atoms with van der Waals surface area (Å²) in [5.74, 6) is 1.06. The highest BCUT2D eigenvalue weighted by atomic mass is 16.1. The van der Waals surface area contributed by atoms with E-state index in [0.29, 0.717) is 6.54 Å². The Balaban J connectivity index is 1.65. The van der Waals surface area contributed by atoms with Crippen molar-refractivity contribution in [2.75, 3.05) is 13.1 Å². The zero-order chi connectivity index (χ0) is 14.5. The maximum atomic E-state index is 12.1. The molecular formula is C18H18N2O. The van der Waals surface area contributed by atoms with Crippen LogP contribution >= 0.6 is 0 Å². The lowest BCUT2D eigenvalue weighted by atomic mass is 10.0. The third-order valence-electron chi connectivity index (χ3n) is 3.64. The zero-order valence-corrected chi connectivity index (χ0v) is 11.9. The number of aliphatic imine (C=N–C) groups is 1. The SMILES string of the molecule is O=C(CNC1=NCCC1)c1ccc(-c2ccccc2)cc1. The molecule has 3 nitrogen and oxygen atoms in total. The minimum absolute atomic E-state index is 0.101. The fourth-order valence-electron chi connectivity index (χ4n) is 2.45. The first kappa shape index (κ1) is 13.6. The van der Waals surface area contributed by atoms with E-state index in [-0.39, 0.29) is 5.78 Å². The van der Waals surface area contributed by atoms with Crippen LogP contribution in [-0.4, -0.2) is 24.7 Å². The van der Waals surface area contributed by atoms with Crippen molar-refractivity contribution in [2.24, 2.45) is 4.99 Å². The van der Waals surface area contributed by atoms with E-state index in [9.17, 15) is 4.79 Å². The largest absolute Gasteiger partial charge is 0.366 e. The average Bonchev–Trinajstić information content (AvgIpc) is 3.07. The first-order valence-corrected chi connectivity index (χ1v) is 7.29. The average molecular weight is 278 g/mol. The van der Waals surface area contributed by atoms with Crippen LogP contribution in [0.25, 0.3) is 11.1 Å². The van der Waals surface area contributed by atoms with Crippen molar-refractivity contribution in [3.05, 3.63) is 60.2 Å². The first-order valence-electron chi connectivity index (χ1n) is 7.29. The number of carbonyl (C=O) groups excluding carboxylic acids is 1. The van der Waals surface area contributed by atoms with Crippen LogP contribution in [0.1, 0.15) is 23.2 Å².